The maximum absolute atomic E-state index is 13.1. The zero-order valence-corrected chi connectivity index (χ0v) is 11.5. The summed E-state index contributed by atoms with van der Waals surface area (Å²) < 4.78 is 37.1. The molecule has 0 heterocycles. The SMILES string of the molecule is CC(C)(C)C(O)CS(=O)(=O)c1cc(N)cc(F)c1. The Morgan fingerprint density at radius 3 is 2.33 bits per heavy atom. The van der Waals surface area contributed by atoms with Gasteiger partial charge in [0, 0.05) is 5.69 Å². The number of anilines is 1. The molecule has 0 aliphatic heterocycles. The summed E-state index contributed by atoms with van der Waals surface area (Å²) in [6.07, 6.45) is -1.04. The molecule has 0 saturated carbocycles. The molecule has 18 heavy (non-hydrogen) atoms. The number of aliphatic hydroxyl groups excluding tert-OH is 1. The highest BCUT2D eigenvalue weighted by Gasteiger charge is 2.29. The average molecular weight is 275 g/mol. The van der Waals surface area contributed by atoms with Crippen molar-refractivity contribution in [2.24, 2.45) is 5.41 Å². The van der Waals surface area contributed by atoms with Crippen molar-refractivity contribution in [1.29, 1.82) is 0 Å². The van der Waals surface area contributed by atoms with Crippen LogP contribution in [0.25, 0.3) is 0 Å². The normalized spacial score (nSPS) is 14.5. The van der Waals surface area contributed by atoms with E-state index >= 15 is 0 Å². The third kappa shape index (κ3) is 3.68. The zero-order valence-electron chi connectivity index (χ0n) is 10.6. The van der Waals surface area contributed by atoms with Gasteiger partial charge in [-0.1, -0.05) is 20.8 Å². The van der Waals surface area contributed by atoms with Crippen LogP contribution in [0.3, 0.4) is 0 Å². The highest BCUT2D eigenvalue weighted by atomic mass is 32.2. The number of nitrogens with two attached hydrogens (primary N) is 1. The summed E-state index contributed by atoms with van der Waals surface area (Å²) in [7, 11) is -3.76. The van der Waals surface area contributed by atoms with Crippen molar-refractivity contribution < 1.29 is 17.9 Å². The van der Waals surface area contributed by atoms with Crippen molar-refractivity contribution in [3.05, 3.63) is 24.0 Å². The molecular weight excluding hydrogens is 257 g/mol. The van der Waals surface area contributed by atoms with Crippen LogP contribution in [-0.2, 0) is 9.84 Å². The van der Waals surface area contributed by atoms with Crippen LogP contribution in [0.2, 0.25) is 0 Å². The van der Waals surface area contributed by atoms with Crippen LogP contribution < -0.4 is 5.73 Å². The Labute approximate surface area is 107 Å². The summed E-state index contributed by atoms with van der Waals surface area (Å²) in [5, 5.41) is 9.82. The second-order valence-corrected chi connectivity index (χ2v) is 7.42. The van der Waals surface area contributed by atoms with Gasteiger partial charge in [0.15, 0.2) is 9.84 Å². The lowest BCUT2D eigenvalue weighted by atomic mass is 9.90. The first kappa shape index (κ1) is 14.9. The minimum absolute atomic E-state index is 0.0406. The number of sulfone groups is 1. The Kier molecular flexibility index (Phi) is 4.02. The largest absolute Gasteiger partial charge is 0.399 e. The van der Waals surface area contributed by atoms with Crippen LogP contribution in [0.1, 0.15) is 20.8 Å². The number of aliphatic hydroxyl groups is 1. The number of rotatable bonds is 3. The molecule has 0 fully saturated rings. The van der Waals surface area contributed by atoms with Crippen LogP contribution in [0.15, 0.2) is 23.1 Å². The molecule has 1 atom stereocenters. The molecule has 3 N–H and O–H groups in total. The van der Waals surface area contributed by atoms with E-state index in [9.17, 15) is 17.9 Å². The Hall–Kier alpha value is -1.14. The first-order valence-corrected chi connectivity index (χ1v) is 7.14. The summed E-state index contributed by atoms with van der Waals surface area (Å²) in [5.74, 6) is -1.17. The fraction of sp³-hybridized carbons (Fsp3) is 0.500. The molecule has 6 heteroatoms. The van der Waals surface area contributed by atoms with E-state index in [0.29, 0.717) is 0 Å². The Morgan fingerprint density at radius 1 is 1.33 bits per heavy atom. The molecule has 0 aliphatic rings. The van der Waals surface area contributed by atoms with Gasteiger partial charge >= 0.3 is 0 Å². The monoisotopic (exact) mass is 275 g/mol. The predicted octanol–water partition coefficient (Wildman–Crippen LogP) is 1.59. The lowest BCUT2D eigenvalue weighted by molar-refractivity contribution is 0.0826. The second kappa shape index (κ2) is 4.85. The molecule has 1 aromatic rings. The van der Waals surface area contributed by atoms with Crippen LogP contribution >= 0.6 is 0 Å². The third-order valence-corrected chi connectivity index (χ3v) is 4.34. The third-order valence-electron chi connectivity index (χ3n) is 2.63. The van der Waals surface area contributed by atoms with Gasteiger partial charge in [0.05, 0.1) is 16.8 Å². The molecule has 1 rings (SSSR count). The zero-order chi connectivity index (χ0) is 14.1. The van der Waals surface area contributed by atoms with Crippen molar-refractivity contribution in [2.75, 3.05) is 11.5 Å². The van der Waals surface area contributed by atoms with E-state index in [1.807, 2.05) is 0 Å². The quantitative estimate of drug-likeness (QED) is 0.821. The summed E-state index contributed by atoms with van der Waals surface area (Å²) >= 11 is 0. The molecule has 1 unspecified atom stereocenters. The molecule has 0 bridgehead atoms. The van der Waals surface area contributed by atoms with Crippen molar-refractivity contribution >= 4 is 15.5 Å². The minimum atomic E-state index is -3.76. The number of hydrogen-bond acceptors (Lipinski definition) is 4. The second-order valence-electron chi connectivity index (χ2n) is 5.38. The molecule has 0 aliphatic carbocycles. The van der Waals surface area contributed by atoms with Crippen LogP contribution in [-0.4, -0.2) is 25.4 Å². The number of halogens is 1. The molecule has 0 aromatic heterocycles. The molecular formula is C12H18FNO3S. The van der Waals surface area contributed by atoms with Crippen molar-refractivity contribution in [2.45, 2.75) is 31.8 Å². The van der Waals surface area contributed by atoms with Gasteiger partial charge in [0.25, 0.3) is 0 Å². The summed E-state index contributed by atoms with van der Waals surface area (Å²) in [4.78, 5) is -0.205. The van der Waals surface area contributed by atoms with E-state index in [2.05, 4.69) is 0 Å². The molecule has 0 amide bonds. The van der Waals surface area contributed by atoms with Crippen molar-refractivity contribution in [3.8, 4) is 0 Å². The Bertz CT molecular complexity index is 514. The molecule has 1 aromatic carbocycles. The molecule has 0 saturated heterocycles. The summed E-state index contributed by atoms with van der Waals surface area (Å²) in [6.45, 7) is 5.19. The smallest absolute Gasteiger partial charge is 0.181 e. The van der Waals surface area contributed by atoms with Gasteiger partial charge in [0.2, 0.25) is 0 Å². The van der Waals surface area contributed by atoms with Crippen molar-refractivity contribution in [1.82, 2.24) is 0 Å². The lowest BCUT2D eigenvalue weighted by Gasteiger charge is -2.25. The van der Waals surface area contributed by atoms with E-state index < -0.39 is 32.9 Å². The summed E-state index contributed by atoms with van der Waals surface area (Å²) in [6, 6.07) is 3.13. The number of hydrogen-bond donors (Lipinski definition) is 2. The fourth-order valence-corrected chi connectivity index (χ4v) is 3.03. The molecule has 0 spiro atoms. The van der Waals surface area contributed by atoms with Crippen LogP contribution in [0.4, 0.5) is 10.1 Å². The first-order valence-electron chi connectivity index (χ1n) is 5.49. The maximum Gasteiger partial charge on any atom is 0.181 e. The predicted molar refractivity (Wildman–Crippen MR) is 68.3 cm³/mol. The van der Waals surface area contributed by atoms with Gasteiger partial charge in [-0.3, -0.25) is 0 Å². The van der Waals surface area contributed by atoms with E-state index in [1.54, 1.807) is 20.8 Å². The highest BCUT2D eigenvalue weighted by Crippen LogP contribution is 2.24. The standard InChI is InChI=1S/C12H18FNO3S/c1-12(2,3)11(15)7-18(16,17)10-5-8(13)4-9(14)6-10/h4-6,11,15H,7,14H2,1-3H3. The highest BCUT2D eigenvalue weighted by molar-refractivity contribution is 7.91. The first-order chi connectivity index (χ1) is 8.02. The maximum atomic E-state index is 13.1. The van der Waals surface area contributed by atoms with E-state index in [0.717, 1.165) is 12.1 Å². The van der Waals surface area contributed by atoms with Crippen molar-refractivity contribution in [3.63, 3.8) is 0 Å². The van der Waals surface area contributed by atoms with Gasteiger partial charge in [-0.15, -0.1) is 0 Å². The van der Waals surface area contributed by atoms with E-state index in [-0.39, 0.29) is 10.6 Å². The fourth-order valence-electron chi connectivity index (χ4n) is 1.32. The number of benzene rings is 1. The number of nitrogen functional groups attached to an aromatic ring is 1. The van der Waals surface area contributed by atoms with Gasteiger partial charge in [-0.2, -0.15) is 0 Å². The van der Waals surface area contributed by atoms with E-state index in [1.165, 1.54) is 6.07 Å². The van der Waals surface area contributed by atoms with E-state index in [4.69, 9.17) is 5.73 Å². The van der Waals surface area contributed by atoms with Gasteiger partial charge in [-0.25, -0.2) is 12.8 Å². The minimum Gasteiger partial charge on any atom is -0.399 e. The summed E-state index contributed by atoms with van der Waals surface area (Å²) in [5.41, 5.74) is 4.88. The Morgan fingerprint density at radius 2 is 1.89 bits per heavy atom. The van der Waals surface area contributed by atoms with Crippen LogP contribution in [0.5, 0.6) is 0 Å². The Balaban J connectivity index is 3.07. The van der Waals surface area contributed by atoms with Crippen LogP contribution in [0, 0.1) is 11.2 Å². The lowest BCUT2D eigenvalue weighted by Crippen LogP contribution is -2.33. The van der Waals surface area contributed by atoms with Gasteiger partial charge in [-0.05, 0) is 23.6 Å². The molecule has 0 radical (unpaired) electrons. The molecule has 4 nitrogen and oxygen atoms in total. The van der Waals surface area contributed by atoms with Gasteiger partial charge < -0.3 is 10.8 Å². The molecule has 102 valence electrons. The topological polar surface area (TPSA) is 80.4 Å². The average Bonchev–Trinajstić information content (AvgIpc) is 2.13. The van der Waals surface area contributed by atoms with Gasteiger partial charge in [0.1, 0.15) is 5.82 Å².